The van der Waals surface area contributed by atoms with Gasteiger partial charge < -0.3 is 15.0 Å². The number of nitrogens with zero attached hydrogens (tertiary/aromatic N) is 1. The van der Waals surface area contributed by atoms with Gasteiger partial charge in [-0.2, -0.15) is 0 Å². The normalized spacial score (nSPS) is 15.4. The van der Waals surface area contributed by atoms with E-state index in [-0.39, 0.29) is 24.2 Å². The maximum Gasteiger partial charge on any atom is 0.268 e. The Labute approximate surface area is 174 Å². The van der Waals surface area contributed by atoms with Crippen LogP contribution in [0.2, 0.25) is 0 Å². The number of anilines is 2. The molecular weight excluding hydrogens is 383 g/mol. The van der Waals surface area contributed by atoms with Gasteiger partial charge in [-0.05, 0) is 61.4 Å². The number of fused-ring (bicyclic) bond motifs is 1. The number of amides is 2. The van der Waals surface area contributed by atoms with Gasteiger partial charge in [-0.15, -0.1) is 0 Å². The van der Waals surface area contributed by atoms with Crippen LogP contribution in [0.3, 0.4) is 0 Å². The molecule has 3 aromatic rings. The zero-order valence-corrected chi connectivity index (χ0v) is 16.7. The molecule has 0 fully saturated rings. The molecule has 1 atom stereocenters. The summed E-state index contributed by atoms with van der Waals surface area (Å²) in [6.45, 7) is 3.84. The van der Waals surface area contributed by atoms with Crippen LogP contribution in [-0.2, 0) is 11.3 Å². The van der Waals surface area contributed by atoms with Gasteiger partial charge in [0.2, 0.25) is 0 Å². The summed E-state index contributed by atoms with van der Waals surface area (Å²) in [7, 11) is 0. The van der Waals surface area contributed by atoms with E-state index < -0.39 is 6.10 Å². The molecule has 1 aliphatic rings. The van der Waals surface area contributed by atoms with Crippen molar-refractivity contribution >= 4 is 23.2 Å². The first-order valence-corrected chi connectivity index (χ1v) is 9.66. The second-order valence-electron chi connectivity index (χ2n) is 7.26. The number of carbonyl (C=O) groups is 2. The molecule has 1 heterocycles. The van der Waals surface area contributed by atoms with E-state index in [0.29, 0.717) is 22.7 Å². The van der Waals surface area contributed by atoms with Gasteiger partial charge in [0.15, 0.2) is 6.10 Å². The Kier molecular flexibility index (Phi) is 5.23. The minimum atomic E-state index is -0.634. The summed E-state index contributed by atoms with van der Waals surface area (Å²) in [5.74, 6) is -0.205. The first-order chi connectivity index (χ1) is 14.4. The molecule has 1 aliphatic heterocycles. The van der Waals surface area contributed by atoms with Crippen molar-refractivity contribution in [3.63, 3.8) is 0 Å². The van der Waals surface area contributed by atoms with Gasteiger partial charge in [0, 0.05) is 11.3 Å². The highest BCUT2D eigenvalue weighted by Gasteiger charge is 2.32. The molecule has 1 unspecified atom stereocenters. The molecule has 0 spiro atoms. The number of carbonyl (C=O) groups excluding carboxylic acids is 2. The van der Waals surface area contributed by atoms with Gasteiger partial charge in [0.05, 0.1) is 12.2 Å². The molecule has 152 valence electrons. The number of benzene rings is 3. The summed E-state index contributed by atoms with van der Waals surface area (Å²) in [5, 5.41) is 2.89. The fourth-order valence-corrected chi connectivity index (χ4v) is 3.45. The van der Waals surface area contributed by atoms with Crippen LogP contribution in [0.25, 0.3) is 0 Å². The lowest BCUT2D eigenvalue weighted by Gasteiger charge is -2.33. The van der Waals surface area contributed by atoms with E-state index in [1.807, 2.05) is 25.1 Å². The molecule has 3 aromatic carbocycles. The third kappa shape index (κ3) is 3.89. The second-order valence-corrected chi connectivity index (χ2v) is 7.26. The SMILES string of the molecule is Cc1ccccc1C(=O)Nc1ccc2c(c1)N(Cc1ccc(F)cc1)C(=O)C(C)O2. The van der Waals surface area contributed by atoms with E-state index in [4.69, 9.17) is 4.74 Å². The molecule has 0 aliphatic carbocycles. The molecule has 5 nitrogen and oxygen atoms in total. The Morgan fingerprint density at radius 1 is 1.10 bits per heavy atom. The van der Waals surface area contributed by atoms with Crippen LogP contribution in [0, 0.1) is 12.7 Å². The zero-order valence-electron chi connectivity index (χ0n) is 16.7. The minimum absolute atomic E-state index is 0.200. The molecule has 2 amide bonds. The van der Waals surface area contributed by atoms with Gasteiger partial charge in [-0.25, -0.2) is 4.39 Å². The highest BCUT2D eigenvalue weighted by Crippen LogP contribution is 2.37. The van der Waals surface area contributed by atoms with E-state index in [1.165, 1.54) is 12.1 Å². The first-order valence-electron chi connectivity index (χ1n) is 9.66. The number of halogens is 1. The fraction of sp³-hybridized carbons (Fsp3) is 0.167. The lowest BCUT2D eigenvalue weighted by molar-refractivity contribution is -0.125. The summed E-state index contributed by atoms with van der Waals surface area (Å²) in [6, 6.07) is 18.6. The van der Waals surface area contributed by atoms with Crippen molar-refractivity contribution in [3.8, 4) is 5.75 Å². The van der Waals surface area contributed by atoms with Crippen molar-refractivity contribution in [2.75, 3.05) is 10.2 Å². The maximum atomic E-state index is 13.2. The first kappa shape index (κ1) is 19.6. The highest BCUT2D eigenvalue weighted by atomic mass is 19.1. The van der Waals surface area contributed by atoms with Crippen LogP contribution >= 0.6 is 0 Å². The molecular formula is C24H21FN2O3. The summed E-state index contributed by atoms with van der Waals surface area (Å²) in [5.41, 5.74) is 3.36. The van der Waals surface area contributed by atoms with Crippen LogP contribution < -0.4 is 15.0 Å². The Morgan fingerprint density at radius 2 is 1.83 bits per heavy atom. The molecule has 0 saturated carbocycles. The number of rotatable bonds is 4. The van der Waals surface area contributed by atoms with Crippen LogP contribution in [0.4, 0.5) is 15.8 Å². The largest absolute Gasteiger partial charge is 0.479 e. The van der Waals surface area contributed by atoms with Gasteiger partial charge in [0.25, 0.3) is 11.8 Å². The van der Waals surface area contributed by atoms with E-state index >= 15 is 0 Å². The highest BCUT2D eigenvalue weighted by molar-refractivity contribution is 6.06. The number of hydrogen-bond donors (Lipinski definition) is 1. The van der Waals surface area contributed by atoms with Crippen molar-refractivity contribution in [2.45, 2.75) is 26.5 Å². The topological polar surface area (TPSA) is 58.6 Å². The van der Waals surface area contributed by atoms with Gasteiger partial charge in [0.1, 0.15) is 11.6 Å². The van der Waals surface area contributed by atoms with E-state index in [9.17, 15) is 14.0 Å². The summed E-state index contributed by atoms with van der Waals surface area (Å²) in [6.07, 6.45) is -0.634. The number of ether oxygens (including phenoxy) is 1. The smallest absolute Gasteiger partial charge is 0.268 e. The average molecular weight is 404 g/mol. The molecule has 4 rings (SSSR count). The standard InChI is InChI=1S/C24H21FN2O3/c1-15-5-3-4-6-20(15)23(28)26-19-11-12-22-21(13-19)27(24(29)16(2)30-22)14-17-7-9-18(25)10-8-17/h3-13,16H,14H2,1-2H3,(H,26,28). The molecule has 6 heteroatoms. The van der Waals surface area contributed by atoms with Gasteiger partial charge >= 0.3 is 0 Å². The molecule has 0 saturated heterocycles. The van der Waals surface area contributed by atoms with Crippen LogP contribution in [0.1, 0.15) is 28.4 Å². The lowest BCUT2D eigenvalue weighted by atomic mass is 10.1. The molecule has 1 N–H and O–H groups in total. The van der Waals surface area contributed by atoms with Crippen LogP contribution in [-0.4, -0.2) is 17.9 Å². The molecule has 30 heavy (non-hydrogen) atoms. The summed E-state index contributed by atoms with van der Waals surface area (Å²) in [4.78, 5) is 27.1. The molecule has 0 bridgehead atoms. The molecule has 0 radical (unpaired) electrons. The minimum Gasteiger partial charge on any atom is -0.479 e. The van der Waals surface area contributed by atoms with Crippen molar-refractivity contribution in [2.24, 2.45) is 0 Å². The Bertz CT molecular complexity index is 1110. The predicted molar refractivity (Wildman–Crippen MR) is 113 cm³/mol. The average Bonchev–Trinajstić information content (AvgIpc) is 2.73. The molecule has 0 aromatic heterocycles. The lowest BCUT2D eigenvalue weighted by Crippen LogP contribution is -2.44. The second kappa shape index (κ2) is 7.99. The number of aryl methyl sites for hydroxylation is 1. The van der Waals surface area contributed by atoms with Crippen LogP contribution in [0.5, 0.6) is 5.75 Å². The van der Waals surface area contributed by atoms with Crippen molar-refractivity contribution in [3.05, 3.63) is 89.2 Å². The number of nitrogens with one attached hydrogen (secondary N) is 1. The third-order valence-corrected chi connectivity index (χ3v) is 5.07. The zero-order chi connectivity index (χ0) is 21.3. The van der Waals surface area contributed by atoms with Crippen molar-refractivity contribution < 1.29 is 18.7 Å². The monoisotopic (exact) mass is 404 g/mol. The Balaban J connectivity index is 1.64. The van der Waals surface area contributed by atoms with E-state index in [2.05, 4.69) is 5.32 Å². The summed E-state index contributed by atoms with van der Waals surface area (Å²) >= 11 is 0. The number of hydrogen-bond acceptors (Lipinski definition) is 3. The van der Waals surface area contributed by atoms with Gasteiger partial charge in [-0.1, -0.05) is 30.3 Å². The van der Waals surface area contributed by atoms with Crippen molar-refractivity contribution in [1.82, 2.24) is 0 Å². The fourth-order valence-electron chi connectivity index (χ4n) is 3.45. The Morgan fingerprint density at radius 3 is 2.57 bits per heavy atom. The van der Waals surface area contributed by atoms with Crippen LogP contribution in [0.15, 0.2) is 66.7 Å². The predicted octanol–water partition coefficient (Wildman–Crippen LogP) is 4.70. The maximum absolute atomic E-state index is 13.2. The third-order valence-electron chi connectivity index (χ3n) is 5.07. The van der Waals surface area contributed by atoms with E-state index in [0.717, 1.165) is 11.1 Å². The summed E-state index contributed by atoms with van der Waals surface area (Å²) < 4.78 is 19.0. The van der Waals surface area contributed by atoms with Crippen molar-refractivity contribution in [1.29, 1.82) is 0 Å². The van der Waals surface area contributed by atoms with Gasteiger partial charge in [-0.3, -0.25) is 9.59 Å². The quantitative estimate of drug-likeness (QED) is 0.686. The van der Waals surface area contributed by atoms with E-state index in [1.54, 1.807) is 48.2 Å². The Hall–Kier alpha value is -3.67.